The van der Waals surface area contributed by atoms with E-state index < -0.39 is 0 Å². The molecule has 2 aliphatic rings. The Kier molecular flexibility index (Phi) is 5.55. The van der Waals surface area contributed by atoms with Crippen molar-refractivity contribution in [3.8, 4) is 11.1 Å². The molecule has 0 unspecified atom stereocenters. The third kappa shape index (κ3) is 4.13. The van der Waals surface area contributed by atoms with E-state index in [9.17, 15) is 4.79 Å². The molecule has 154 valence electrons. The highest BCUT2D eigenvalue weighted by Gasteiger charge is 2.32. The highest BCUT2D eigenvalue weighted by atomic mass is 32.2. The number of ketones is 1. The van der Waals surface area contributed by atoms with Crippen molar-refractivity contribution in [2.45, 2.75) is 24.0 Å². The van der Waals surface area contributed by atoms with Crippen molar-refractivity contribution in [3.63, 3.8) is 0 Å². The van der Waals surface area contributed by atoms with E-state index in [0.29, 0.717) is 11.8 Å². The van der Waals surface area contributed by atoms with E-state index in [2.05, 4.69) is 31.8 Å². The van der Waals surface area contributed by atoms with Gasteiger partial charge in [-0.2, -0.15) is 0 Å². The second kappa shape index (κ2) is 8.62. The summed E-state index contributed by atoms with van der Waals surface area (Å²) in [6.45, 7) is 3.11. The van der Waals surface area contributed by atoms with E-state index in [4.69, 9.17) is 4.74 Å². The second-order valence-corrected chi connectivity index (χ2v) is 8.58. The molecule has 1 aliphatic heterocycles. The molecule has 7 heteroatoms. The minimum atomic E-state index is 0.109. The normalized spacial score (nSPS) is 16.6. The molecular formula is C23H24N4O2S. The number of carbonyl (C=O) groups is 1. The fourth-order valence-electron chi connectivity index (χ4n) is 3.69. The first-order valence-corrected chi connectivity index (χ1v) is 11.4. The largest absolute Gasteiger partial charge is 0.378 e. The van der Waals surface area contributed by atoms with E-state index >= 15 is 0 Å². The van der Waals surface area contributed by atoms with Gasteiger partial charge in [0.05, 0.1) is 19.0 Å². The van der Waals surface area contributed by atoms with E-state index in [0.717, 1.165) is 66.9 Å². The predicted molar refractivity (Wildman–Crippen MR) is 118 cm³/mol. The maximum Gasteiger partial charge on any atom is 0.228 e. The lowest BCUT2D eigenvalue weighted by Crippen LogP contribution is -2.38. The van der Waals surface area contributed by atoms with Crippen LogP contribution in [0.5, 0.6) is 0 Å². The summed E-state index contributed by atoms with van der Waals surface area (Å²) >= 11 is 1.49. The molecule has 5 rings (SSSR count). The molecule has 1 saturated carbocycles. The third-order valence-electron chi connectivity index (χ3n) is 5.50. The van der Waals surface area contributed by atoms with Crippen LogP contribution < -0.4 is 4.90 Å². The first kappa shape index (κ1) is 19.3. The number of morpholine rings is 1. The van der Waals surface area contributed by atoms with Gasteiger partial charge in [-0.05, 0) is 24.0 Å². The van der Waals surface area contributed by atoms with Gasteiger partial charge in [0.25, 0.3) is 0 Å². The number of benzene rings is 2. The van der Waals surface area contributed by atoms with Crippen LogP contribution in [0.2, 0.25) is 0 Å². The number of aromatic nitrogens is 3. The summed E-state index contributed by atoms with van der Waals surface area (Å²) < 4.78 is 7.68. The van der Waals surface area contributed by atoms with Crippen molar-refractivity contribution in [2.24, 2.45) is 0 Å². The summed E-state index contributed by atoms with van der Waals surface area (Å²) in [6.07, 6.45) is 2.30. The number of hydrogen-bond donors (Lipinski definition) is 0. The van der Waals surface area contributed by atoms with Gasteiger partial charge in [-0.25, -0.2) is 0 Å². The number of ether oxygens (including phenoxy) is 1. The van der Waals surface area contributed by atoms with Crippen LogP contribution in [0.1, 0.15) is 29.2 Å². The van der Waals surface area contributed by atoms with E-state index in [1.807, 2.05) is 42.5 Å². The Balaban J connectivity index is 1.27. The van der Waals surface area contributed by atoms with Gasteiger partial charge < -0.3 is 9.64 Å². The van der Waals surface area contributed by atoms with Crippen LogP contribution >= 0.6 is 11.8 Å². The zero-order valence-corrected chi connectivity index (χ0v) is 17.6. The average Bonchev–Trinajstić information content (AvgIpc) is 3.57. The number of carbonyl (C=O) groups excluding carboxylic acids is 1. The average molecular weight is 421 g/mol. The summed E-state index contributed by atoms with van der Waals surface area (Å²) in [4.78, 5) is 15.0. The molecule has 2 aromatic carbocycles. The zero-order valence-electron chi connectivity index (χ0n) is 16.7. The maximum atomic E-state index is 12.8. The molecule has 1 saturated heterocycles. The van der Waals surface area contributed by atoms with Crippen LogP contribution in [0.4, 0.5) is 5.95 Å². The zero-order chi connectivity index (χ0) is 20.3. The van der Waals surface area contributed by atoms with Gasteiger partial charge in [-0.3, -0.25) is 9.36 Å². The fourth-order valence-corrected chi connectivity index (χ4v) is 4.59. The second-order valence-electron chi connectivity index (χ2n) is 7.64. The molecule has 0 spiro atoms. The standard InChI is InChI=1S/C23H24N4O2S/c28-21(19-8-6-18(7-9-19)17-4-2-1-3-5-17)16-30-23-25-24-22(27(23)20-10-11-20)26-12-14-29-15-13-26/h1-9,20H,10-16H2. The van der Waals surface area contributed by atoms with Gasteiger partial charge in [0.1, 0.15) is 0 Å². The van der Waals surface area contributed by atoms with Crippen LogP contribution in [0.3, 0.4) is 0 Å². The highest BCUT2D eigenvalue weighted by Crippen LogP contribution is 2.41. The van der Waals surface area contributed by atoms with Gasteiger partial charge in [0.2, 0.25) is 5.95 Å². The Morgan fingerprint density at radius 1 is 0.967 bits per heavy atom. The number of nitrogens with zero attached hydrogens (tertiary/aromatic N) is 4. The van der Waals surface area contributed by atoms with Crippen molar-refractivity contribution in [3.05, 3.63) is 60.2 Å². The first-order valence-electron chi connectivity index (χ1n) is 10.4. The summed E-state index contributed by atoms with van der Waals surface area (Å²) in [5.74, 6) is 1.39. The van der Waals surface area contributed by atoms with Gasteiger partial charge >= 0.3 is 0 Å². The molecule has 1 aliphatic carbocycles. The number of anilines is 1. The smallest absolute Gasteiger partial charge is 0.228 e. The summed E-state index contributed by atoms with van der Waals surface area (Å²) in [5, 5.41) is 9.70. The van der Waals surface area contributed by atoms with Crippen LogP contribution in [0, 0.1) is 0 Å². The van der Waals surface area contributed by atoms with Crippen molar-refractivity contribution < 1.29 is 9.53 Å². The van der Waals surface area contributed by atoms with E-state index in [1.54, 1.807) is 0 Å². The molecular weight excluding hydrogens is 396 g/mol. The van der Waals surface area contributed by atoms with E-state index in [-0.39, 0.29) is 5.78 Å². The number of Topliss-reactive ketones (excluding diaryl/α,β-unsaturated/α-hetero) is 1. The molecule has 0 radical (unpaired) electrons. The lowest BCUT2D eigenvalue weighted by Gasteiger charge is -2.27. The molecule has 2 heterocycles. The van der Waals surface area contributed by atoms with Gasteiger partial charge in [-0.1, -0.05) is 66.4 Å². The Bertz CT molecular complexity index is 1010. The minimum Gasteiger partial charge on any atom is -0.378 e. The van der Waals surface area contributed by atoms with Crippen molar-refractivity contribution in [2.75, 3.05) is 37.0 Å². The van der Waals surface area contributed by atoms with Crippen LogP contribution in [-0.4, -0.2) is 52.6 Å². The SMILES string of the molecule is O=C(CSc1nnc(N2CCOCC2)n1C1CC1)c1ccc(-c2ccccc2)cc1. The summed E-state index contributed by atoms with van der Waals surface area (Å²) in [5.41, 5.74) is 3.00. The third-order valence-corrected chi connectivity index (χ3v) is 6.44. The van der Waals surface area contributed by atoms with Crippen molar-refractivity contribution >= 4 is 23.5 Å². The molecule has 2 fully saturated rings. The predicted octanol–water partition coefficient (Wildman–Crippen LogP) is 4.09. The fraction of sp³-hybridized carbons (Fsp3) is 0.348. The Morgan fingerprint density at radius 2 is 1.67 bits per heavy atom. The lowest BCUT2D eigenvalue weighted by molar-refractivity contribution is 0.102. The minimum absolute atomic E-state index is 0.109. The molecule has 0 N–H and O–H groups in total. The molecule has 0 atom stereocenters. The molecule has 6 nitrogen and oxygen atoms in total. The summed E-state index contributed by atoms with van der Waals surface area (Å²) in [6, 6.07) is 18.5. The van der Waals surface area contributed by atoms with Crippen LogP contribution in [-0.2, 0) is 4.74 Å². The summed E-state index contributed by atoms with van der Waals surface area (Å²) in [7, 11) is 0. The topological polar surface area (TPSA) is 60.3 Å². The Hall–Kier alpha value is -2.64. The Morgan fingerprint density at radius 3 is 2.37 bits per heavy atom. The molecule has 30 heavy (non-hydrogen) atoms. The first-order chi connectivity index (χ1) is 14.8. The van der Waals surface area contributed by atoms with Gasteiger partial charge in [-0.15, -0.1) is 10.2 Å². The Labute approximate surface area is 180 Å². The van der Waals surface area contributed by atoms with Crippen LogP contribution in [0.15, 0.2) is 59.8 Å². The monoisotopic (exact) mass is 420 g/mol. The molecule has 0 bridgehead atoms. The van der Waals surface area contributed by atoms with Crippen molar-refractivity contribution in [1.82, 2.24) is 14.8 Å². The number of hydrogen-bond acceptors (Lipinski definition) is 6. The van der Waals surface area contributed by atoms with E-state index in [1.165, 1.54) is 11.8 Å². The number of thioether (sulfide) groups is 1. The quantitative estimate of drug-likeness (QED) is 0.424. The lowest BCUT2D eigenvalue weighted by atomic mass is 10.0. The van der Waals surface area contributed by atoms with Gasteiger partial charge in [0, 0.05) is 24.7 Å². The maximum absolute atomic E-state index is 12.8. The van der Waals surface area contributed by atoms with Gasteiger partial charge in [0.15, 0.2) is 10.9 Å². The van der Waals surface area contributed by atoms with Crippen LogP contribution in [0.25, 0.3) is 11.1 Å². The molecule has 1 aromatic heterocycles. The highest BCUT2D eigenvalue weighted by molar-refractivity contribution is 7.99. The molecule has 3 aromatic rings. The molecule has 0 amide bonds. The number of rotatable bonds is 7. The van der Waals surface area contributed by atoms with Crippen molar-refractivity contribution in [1.29, 1.82) is 0 Å².